The Morgan fingerprint density at radius 1 is 1.09 bits per heavy atom. The fourth-order valence-electron chi connectivity index (χ4n) is 0. The molecule has 0 aromatic heterocycles. The normalized spacial score (nSPS) is 7.45. The van der Waals surface area contributed by atoms with Crippen molar-refractivity contribution in [3.8, 4) is 0 Å². The fourth-order valence-corrected chi connectivity index (χ4v) is 0. The van der Waals surface area contributed by atoms with Crippen molar-refractivity contribution in [2.45, 2.75) is 7.43 Å². The van der Waals surface area contributed by atoms with Crippen molar-refractivity contribution in [2.24, 2.45) is 0 Å². The van der Waals surface area contributed by atoms with Gasteiger partial charge < -0.3 is 10.2 Å². The van der Waals surface area contributed by atoms with Gasteiger partial charge >= 0.3 is 54.3 Å². The standard InChI is InChI=1S/CH2O3.CH4.Ca.H2O4S.2H/c2-1(3)4;;;1-5(2,3)4;;/h(H2,2,3,4);1H4;;(H2,1,2,3,4);;. The average Bonchev–Trinajstić information content (AvgIpc) is 1.19. The number of carbonyl (C=O) groups is 1. The van der Waals surface area contributed by atoms with E-state index in [1.165, 1.54) is 0 Å². The van der Waals surface area contributed by atoms with E-state index in [2.05, 4.69) is 0 Å². The Morgan fingerprint density at radius 2 is 1.09 bits per heavy atom. The SMILES string of the molecule is C.O=C(O)O.O=S(=O)(O)O.[CaH2]. The molecule has 9 heteroatoms. The van der Waals surface area contributed by atoms with Crippen LogP contribution in [0.15, 0.2) is 0 Å². The first-order valence-corrected chi connectivity index (χ1v) is 2.75. The monoisotopic (exact) mass is 218 g/mol. The molecule has 7 nitrogen and oxygen atoms in total. The van der Waals surface area contributed by atoms with Crippen molar-refractivity contribution in [3.63, 3.8) is 0 Å². The molecule has 0 atom stereocenters. The molecule has 0 heterocycles. The minimum absolute atomic E-state index is 0. The summed E-state index contributed by atoms with van der Waals surface area (Å²) in [5.74, 6) is 0. The van der Waals surface area contributed by atoms with Crippen LogP contribution in [-0.4, -0.2) is 71.6 Å². The molecule has 0 radical (unpaired) electrons. The van der Waals surface area contributed by atoms with Crippen LogP contribution in [0.1, 0.15) is 7.43 Å². The maximum atomic E-state index is 8.74. The van der Waals surface area contributed by atoms with Gasteiger partial charge in [0.05, 0.1) is 0 Å². The molecule has 0 spiro atoms. The van der Waals surface area contributed by atoms with Crippen LogP contribution in [0.25, 0.3) is 0 Å². The zero-order valence-electron chi connectivity index (χ0n) is 3.92. The molecule has 11 heavy (non-hydrogen) atoms. The molecule has 4 N–H and O–H groups in total. The molecule has 0 aromatic carbocycles. The van der Waals surface area contributed by atoms with E-state index in [4.69, 9.17) is 32.5 Å². The Balaban J connectivity index is -0.0000000383. The van der Waals surface area contributed by atoms with E-state index in [9.17, 15) is 0 Å². The molecule has 0 bridgehead atoms. The predicted octanol–water partition coefficient (Wildman–Crippen LogP) is -0.710. The molecule has 0 aliphatic heterocycles. The second kappa shape index (κ2) is 10.4. The summed E-state index contributed by atoms with van der Waals surface area (Å²) >= 11 is 0. The molecule has 0 unspecified atom stereocenters. The van der Waals surface area contributed by atoms with E-state index in [0.717, 1.165) is 0 Å². The summed E-state index contributed by atoms with van der Waals surface area (Å²) in [6.45, 7) is 0. The van der Waals surface area contributed by atoms with Crippen molar-refractivity contribution in [2.75, 3.05) is 0 Å². The van der Waals surface area contributed by atoms with Gasteiger partial charge in [0.2, 0.25) is 0 Å². The van der Waals surface area contributed by atoms with Gasteiger partial charge in [-0.15, -0.1) is 0 Å². The molecule has 0 saturated carbocycles. The Kier molecular flexibility index (Phi) is 21.3. The van der Waals surface area contributed by atoms with Crippen LogP contribution in [0.2, 0.25) is 0 Å². The van der Waals surface area contributed by atoms with Crippen molar-refractivity contribution in [3.05, 3.63) is 0 Å². The zero-order valence-corrected chi connectivity index (χ0v) is 4.74. The van der Waals surface area contributed by atoms with E-state index in [-0.39, 0.29) is 45.2 Å². The molecule has 0 saturated heterocycles. The van der Waals surface area contributed by atoms with Crippen molar-refractivity contribution < 1.29 is 32.5 Å². The first-order chi connectivity index (χ1) is 3.73. The van der Waals surface area contributed by atoms with Gasteiger partial charge in [-0.3, -0.25) is 9.11 Å². The van der Waals surface area contributed by atoms with Crippen LogP contribution in [0.5, 0.6) is 0 Å². The molecule has 0 aliphatic carbocycles. The number of rotatable bonds is 0. The van der Waals surface area contributed by atoms with E-state index in [1.54, 1.807) is 0 Å². The molecular formula is C2H10CaO7S. The first kappa shape index (κ1) is 22.5. The van der Waals surface area contributed by atoms with Gasteiger partial charge in [-0.2, -0.15) is 8.42 Å². The quantitative estimate of drug-likeness (QED) is 0.312. The van der Waals surface area contributed by atoms with Gasteiger partial charge in [0, 0.05) is 0 Å². The second-order valence-corrected chi connectivity index (χ2v) is 1.63. The van der Waals surface area contributed by atoms with Crippen molar-refractivity contribution >= 4 is 54.3 Å². The van der Waals surface area contributed by atoms with E-state index >= 15 is 0 Å². The molecule has 0 rings (SSSR count). The maximum absolute atomic E-state index is 8.74. The molecule has 0 aliphatic rings. The van der Waals surface area contributed by atoms with Crippen LogP contribution in [0.4, 0.5) is 4.79 Å². The molecule has 68 valence electrons. The Labute approximate surface area is 93.6 Å². The Bertz CT molecular complexity index is 159. The van der Waals surface area contributed by atoms with Crippen LogP contribution < -0.4 is 0 Å². The molecule has 0 aromatic rings. The topological polar surface area (TPSA) is 132 Å². The van der Waals surface area contributed by atoms with Gasteiger partial charge in [0.25, 0.3) is 0 Å². The summed E-state index contributed by atoms with van der Waals surface area (Å²) in [5.41, 5.74) is 0. The minimum atomic E-state index is -4.67. The molecule has 0 fully saturated rings. The molecular weight excluding hydrogens is 208 g/mol. The van der Waals surface area contributed by atoms with E-state index in [1.807, 2.05) is 0 Å². The predicted molar refractivity (Wildman–Crippen MR) is 40.1 cm³/mol. The van der Waals surface area contributed by atoms with E-state index in [0.29, 0.717) is 0 Å². The summed E-state index contributed by atoms with van der Waals surface area (Å²) in [4.78, 5) is 8.56. The summed E-state index contributed by atoms with van der Waals surface area (Å²) in [7, 11) is -4.67. The van der Waals surface area contributed by atoms with E-state index < -0.39 is 16.6 Å². The van der Waals surface area contributed by atoms with Crippen LogP contribution in [-0.2, 0) is 10.4 Å². The molecule has 0 amide bonds. The average molecular weight is 218 g/mol. The van der Waals surface area contributed by atoms with Crippen molar-refractivity contribution in [1.29, 1.82) is 0 Å². The van der Waals surface area contributed by atoms with Crippen molar-refractivity contribution in [1.82, 2.24) is 0 Å². The Morgan fingerprint density at radius 3 is 1.09 bits per heavy atom. The summed E-state index contributed by atoms with van der Waals surface area (Å²) in [5, 5.41) is 13.9. The zero-order chi connectivity index (χ0) is 8.08. The first-order valence-electron chi connectivity index (χ1n) is 1.35. The fraction of sp³-hybridized carbons (Fsp3) is 0.500. The van der Waals surface area contributed by atoms with Gasteiger partial charge in [-0.25, -0.2) is 4.79 Å². The van der Waals surface area contributed by atoms with Gasteiger partial charge in [0.15, 0.2) is 0 Å². The van der Waals surface area contributed by atoms with Crippen LogP contribution >= 0.6 is 0 Å². The van der Waals surface area contributed by atoms with Gasteiger partial charge in [0.1, 0.15) is 0 Å². The number of hydrogen-bond acceptors (Lipinski definition) is 3. The summed E-state index contributed by atoms with van der Waals surface area (Å²) < 4.78 is 31.6. The summed E-state index contributed by atoms with van der Waals surface area (Å²) in [6, 6.07) is 0. The van der Waals surface area contributed by atoms with Crippen LogP contribution in [0, 0.1) is 0 Å². The third-order valence-electron chi connectivity index (χ3n) is 0. The number of hydrogen-bond donors (Lipinski definition) is 4. The van der Waals surface area contributed by atoms with Crippen LogP contribution in [0.3, 0.4) is 0 Å². The number of carboxylic acid groups (broad SMARTS) is 2. The third kappa shape index (κ3) is 4590. The third-order valence-corrected chi connectivity index (χ3v) is 0. The van der Waals surface area contributed by atoms with Gasteiger partial charge in [-0.05, 0) is 0 Å². The van der Waals surface area contributed by atoms with Gasteiger partial charge in [-0.1, -0.05) is 7.43 Å². The summed E-state index contributed by atoms with van der Waals surface area (Å²) in [6.07, 6.45) is -1.83. The second-order valence-electron chi connectivity index (χ2n) is 0.730. The Hall–Kier alpha value is 0.400.